The van der Waals surface area contributed by atoms with Gasteiger partial charge >= 0.3 is 0 Å². The van der Waals surface area contributed by atoms with E-state index in [2.05, 4.69) is 0 Å². The largest absolute Gasteiger partial charge is 0.493 e. The number of hydrogen-bond donors (Lipinski definition) is 0. The summed E-state index contributed by atoms with van der Waals surface area (Å²) in [6.07, 6.45) is 0. The van der Waals surface area contributed by atoms with Crippen molar-refractivity contribution in [2.75, 3.05) is 13.7 Å². The van der Waals surface area contributed by atoms with Crippen molar-refractivity contribution in [3.8, 4) is 5.75 Å². The number of carbonyl (C=O) groups excluding carboxylic acids is 1. The average Bonchev–Trinajstić information content (AvgIpc) is 2.57. The third kappa shape index (κ3) is 1.71. The van der Waals surface area contributed by atoms with Crippen LogP contribution in [0.15, 0.2) is 12.1 Å². The minimum atomic E-state index is -0.536. The fraction of sp³-hybridized carbons (Fsp3) is 0.364. The molecule has 0 saturated carbocycles. The SMILES string of the molecule is CCOc1ccc([N+](=O)[O-])c2c1CN(C)C2=O. The van der Waals surface area contributed by atoms with Crippen LogP contribution in [0, 0.1) is 10.1 Å². The van der Waals surface area contributed by atoms with Crippen molar-refractivity contribution < 1.29 is 14.5 Å². The van der Waals surface area contributed by atoms with E-state index in [9.17, 15) is 14.9 Å². The van der Waals surface area contributed by atoms with Gasteiger partial charge in [0.15, 0.2) is 0 Å². The normalized spacial score (nSPS) is 13.8. The predicted octanol–water partition coefficient (Wildman–Crippen LogP) is 1.58. The van der Waals surface area contributed by atoms with Crippen molar-refractivity contribution >= 4 is 11.6 Å². The van der Waals surface area contributed by atoms with E-state index in [4.69, 9.17) is 4.74 Å². The van der Waals surface area contributed by atoms with Gasteiger partial charge in [-0.1, -0.05) is 0 Å². The molecule has 6 nitrogen and oxygen atoms in total. The molecular weight excluding hydrogens is 224 g/mol. The van der Waals surface area contributed by atoms with E-state index in [1.54, 1.807) is 13.1 Å². The van der Waals surface area contributed by atoms with Gasteiger partial charge in [0.1, 0.15) is 11.3 Å². The molecule has 1 aromatic rings. The highest BCUT2D eigenvalue weighted by Crippen LogP contribution is 2.36. The van der Waals surface area contributed by atoms with Gasteiger partial charge < -0.3 is 9.64 Å². The zero-order valence-corrected chi connectivity index (χ0v) is 9.60. The molecule has 0 aromatic heterocycles. The molecule has 0 radical (unpaired) electrons. The predicted molar refractivity (Wildman–Crippen MR) is 60.1 cm³/mol. The Morgan fingerprint density at radius 3 is 2.82 bits per heavy atom. The molecule has 1 aromatic carbocycles. The second-order valence-electron chi connectivity index (χ2n) is 3.79. The van der Waals surface area contributed by atoms with Gasteiger partial charge in [-0.2, -0.15) is 0 Å². The fourth-order valence-electron chi connectivity index (χ4n) is 1.95. The summed E-state index contributed by atoms with van der Waals surface area (Å²) in [4.78, 5) is 23.6. The molecular formula is C11H12N2O4. The van der Waals surface area contributed by atoms with Crippen LogP contribution in [0.3, 0.4) is 0 Å². The maximum absolute atomic E-state index is 11.8. The molecule has 1 amide bonds. The van der Waals surface area contributed by atoms with Gasteiger partial charge in [0, 0.05) is 18.7 Å². The van der Waals surface area contributed by atoms with Crippen molar-refractivity contribution in [3.63, 3.8) is 0 Å². The van der Waals surface area contributed by atoms with E-state index >= 15 is 0 Å². The summed E-state index contributed by atoms with van der Waals surface area (Å²) in [6, 6.07) is 2.87. The lowest BCUT2D eigenvalue weighted by atomic mass is 10.1. The Morgan fingerprint density at radius 1 is 1.53 bits per heavy atom. The van der Waals surface area contributed by atoms with Crippen molar-refractivity contribution in [1.82, 2.24) is 4.90 Å². The first-order valence-electron chi connectivity index (χ1n) is 5.24. The molecule has 0 N–H and O–H groups in total. The Hall–Kier alpha value is -2.11. The molecule has 17 heavy (non-hydrogen) atoms. The van der Waals surface area contributed by atoms with Crippen LogP contribution in [0.4, 0.5) is 5.69 Å². The van der Waals surface area contributed by atoms with Crippen LogP contribution in [0.2, 0.25) is 0 Å². The van der Waals surface area contributed by atoms with E-state index in [0.29, 0.717) is 24.5 Å². The van der Waals surface area contributed by atoms with E-state index in [0.717, 1.165) is 0 Å². The van der Waals surface area contributed by atoms with Crippen molar-refractivity contribution in [3.05, 3.63) is 33.4 Å². The van der Waals surface area contributed by atoms with Crippen molar-refractivity contribution in [2.24, 2.45) is 0 Å². The molecule has 2 rings (SSSR count). The van der Waals surface area contributed by atoms with Gasteiger partial charge in [0.25, 0.3) is 11.6 Å². The van der Waals surface area contributed by atoms with Gasteiger partial charge in [0.2, 0.25) is 0 Å². The number of nitro benzene ring substituents is 1. The van der Waals surface area contributed by atoms with E-state index in [1.165, 1.54) is 11.0 Å². The summed E-state index contributed by atoms with van der Waals surface area (Å²) in [5, 5.41) is 10.9. The van der Waals surface area contributed by atoms with Crippen LogP contribution in [0.5, 0.6) is 5.75 Å². The number of carbonyl (C=O) groups is 1. The Labute approximate surface area is 97.9 Å². The topological polar surface area (TPSA) is 72.7 Å². The highest BCUT2D eigenvalue weighted by atomic mass is 16.6. The zero-order valence-electron chi connectivity index (χ0n) is 9.60. The third-order valence-electron chi connectivity index (χ3n) is 2.70. The number of nitro groups is 1. The molecule has 6 heteroatoms. The van der Waals surface area contributed by atoms with Gasteiger partial charge in [0.05, 0.1) is 18.1 Å². The van der Waals surface area contributed by atoms with Crippen LogP contribution in [-0.2, 0) is 6.54 Å². The second kappa shape index (κ2) is 4.04. The quantitative estimate of drug-likeness (QED) is 0.590. The Balaban J connectivity index is 2.61. The highest BCUT2D eigenvalue weighted by Gasteiger charge is 2.35. The van der Waals surface area contributed by atoms with Gasteiger partial charge in [-0.3, -0.25) is 14.9 Å². The van der Waals surface area contributed by atoms with E-state index in [1.807, 2.05) is 6.92 Å². The van der Waals surface area contributed by atoms with E-state index in [-0.39, 0.29) is 17.2 Å². The molecule has 0 bridgehead atoms. The van der Waals surface area contributed by atoms with E-state index < -0.39 is 4.92 Å². The molecule has 0 unspecified atom stereocenters. The van der Waals surface area contributed by atoms with Crippen LogP contribution < -0.4 is 4.74 Å². The molecule has 0 saturated heterocycles. The third-order valence-corrected chi connectivity index (χ3v) is 2.70. The number of rotatable bonds is 3. The second-order valence-corrected chi connectivity index (χ2v) is 3.79. The first kappa shape index (κ1) is 11.4. The lowest BCUT2D eigenvalue weighted by molar-refractivity contribution is -0.385. The molecule has 1 heterocycles. The first-order chi connectivity index (χ1) is 8.06. The van der Waals surface area contributed by atoms with Crippen LogP contribution >= 0.6 is 0 Å². The van der Waals surface area contributed by atoms with Crippen LogP contribution in [-0.4, -0.2) is 29.4 Å². The molecule has 1 aliphatic rings. The number of ether oxygens (including phenoxy) is 1. The maximum Gasteiger partial charge on any atom is 0.282 e. The smallest absolute Gasteiger partial charge is 0.282 e. The summed E-state index contributed by atoms with van der Waals surface area (Å²) in [5.74, 6) is 0.221. The van der Waals surface area contributed by atoms with Gasteiger partial charge in [-0.05, 0) is 13.0 Å². The Bertz CT molecular complexity index is 498. The number of amides is 1. The molecule has 1 aliphatic heterocycles. The van der Waals surface area contributed by atoms with Gasteiger partial charge in [-0.15, -0.1) is 0 Å². The lowest BCUT2D eigenvalue weighted by Crippen LogP contribution is -2.18. The first-order valence-corrected chi connectivity index (χ1v) is 5.24. The molecule has 0 fully saturated rings. The zero-order chi connectivity index (χ0) is 12.6. The Kier molecular flexibility index (Phi) is 2.71. The summed E-state index contributed by atoms with van der Waals surface area (Å²) in [5.41, 5.74) is 0.606. The molecule has 0 aliphatic carbocycles. The minimum absolute atomic E-state index is 0.155. The Morgan fingerprint density at radius 2 is 2.24 bits per heavy atom. The van der Waals surface area contributed by atoms with Crippen molar-refractivity contribution in [2.45, 2.75) is 13.5 Å². The molecule has 90 valence electrons. The number of fused-ring (bicyclic) bond motifs is 1. The highest BCUT2D eigenvalue weighted by molar-refractivity contribution is 6.02. The van der Waals surface area contributed by atoms with Crippen LogP contribution in [0.1, 0.15) is 22.8 Å². The van der Waals surface area contributed by atoms with Gasteiger partial charge in [-0.25, -0.2) is 0 Å². The fourth-order valence-corrected chi connectivity index (χ4v) is 1.95. The van der Waals surface area contributed by atoms with Crippen molar-refractivity contribution in [1.29, 1.82) is 0 Å². The standard InChI is InChI=1S/C11H12N2O4/c1-3-17-9-5-4-8(13(15)16)10-7(9)6-12(2)11(10)14/h4-5H,3,6H2,1-2H3. The summed E-state index contributed by atoms with van der Waals surface area (Å²) >= 11 is 0. The summed E-state index contributed by atoms with van der Waals surface area (Å²) in [6.45, 7) is 2.64. The number of nitrogens with zero attached hydrogens (tertiary/aromatic N) is 2. The molecule has 0 spiro atoms. The number of hydrogen-bond acceptors (Lipinski definition) is 4. The monoisotopic (exact) mass is 236 g/mol. The maximum atomic E-state index is 11.8. The molecule has 0 atom stereocenters. The number of benzene rings is 1. The van der Waals surface area contributed by atoms with Crippen LogP contribution in [0.25, 0.3) is 0 Å². The summed E-state index contributed by atoms with van der Waals surface area (Å²) in [7, 11) is 1.61. The lowest BCUT2D eigenvalue weighted by Gasteiger charge is -2.08. The minimum Gasteiger partial charge on any atom is -0.493 e. The average molecular weight is 236 g/mol. The summed E-state index contributed by atoms with van der Waals surface area (Å²) < 4.78 is 5.38.